The number of thioether (sulfide) groups is 2. The lowest BCUT2D eigenvalue weighted by Gasteiger charge is -2.19. The molecule has 0 bridgehead atoms. The minimum atomic E-state index is -0.459. The van der Waals surface area contributed by atoms with Crippen molar-refractivity contribution in [3.8, 4) is 23.0 Å². The monoisotopic (exact) mass is 1120 g/mol. The number of ether oxygens (including phenoxy) is 6. The molecular formula is C56H68F2N4O10S4+2. The summed E-state index contributed by atoms with van der Waals surface area (Å²) in [5.74, 6) is 2.95. The third-order valence-corrected chi connectivity index (χ3v) is 16.1. The molecule has 20 heteroatoms. The lowest BCUT2D eigenvalue weighted by molar-refractivity contribution is -0.670. The summed E-state index contributed by atoms with van der Waals surface area (Å²) in [6.45, 7) is 9.54. The summed E-state index contributed by atoms with van der Waals surface area (Å²) in [6, 6.07) is 23.6. The molecule has 2 aromatic heterocycles. The van der Waals surface area contributed by atoms with Gasteiger partial charge in [0, 0.05) is 34.1 Å². The normalized spacial score (nSPS) is 14.5. The molecule has 0 radical (unpaired) electrons. The molecule has 8 rings (SSSR count). The topological polar surface area (TPSA) is 151 Å². The fourth-order valence-corrected chi connectivity index (χ4v) is 13.0. The zero-order chi connectivity index (χ0) is 53.8. The summed E-state index contributed by atoms with van der Waals surface area (Å²) in [4.78, 5) is 6.15. The fraction of sp³-hybridized carbons (Fsp3) is 0.393. The van der Waals surface area contributed by atoms with E-state index in [0.29, 0.717) is 58.5 Å². The van der Waals surface area contributed by atoms with Crippen LogP contribution in [0.15, 0.2) is 116 Å². The Kier molecular flexibility index (Phi) is 23.1. The first-order valence-corrected chi connectivity index (χ1v) is 28.5. The van der Waals surface area contributed by atoms with Crippen LogP contribution >= 0.6 is 46.2 Å². The zero-order valence-corrected chi connectivity index (χ0v) is 46.6. The Labute approximate surface area is 459 Å². The largest absolute Gasteiger partial charge is 0.497 e. The van der Waals surface area contributed by atoms with Crippen LogP contribution in [0.2, 0.25) is 0 Å². The first-order chi connectivity index (χ1) is 37.1. The molecule has 14 nitrogen and oxygen atoms in total. The fourth-order valence-electron chi connectivity index (χ4n) is 8.29. The lowest BCUT2D eigenvalue weighted by atomic mass is 10.2. The molecule has 0 saturated heterocycles. The second kappa shape index (κ2) is 30.0. The van der Waals surface area contributed by atoms with Crippen LogP contribution in [0.4, 0.5) is 20.2 Å². The molecule has 4 N–H and O–H groups in total. The molecule has 2 aliphatic rings. The van der Waals surface area contributed by atoms with Crippen molar-refractivity contribution < 1.29 is 66.8 Å². The van der Waals surface area contributed by atoms with Gasteiger partial charge in [0.05, 0.1) is 100 Å². The Balaban J connectivity index is 0.000000222. The van der Waals surface area contributed by atoms with Crippen molar-refractivity contribution in [1.29, 1.82) is 0 Å². The van der Waals surface area contributed by atoms with E-state index in [0.717, 1.165) is 96.5 Å². The predicted octanol–water partition coefficient (Wildman–Crippen LogP) is 9.59. The summed E-state index contributed by atoms with van der Waals surface area (Å²) < 4.78 is 66.6. The molecule has 0 saturated carbocycles. The number of thiazole rings is 2. The molecule has 0 fully saturated rings. The number of hydrogen-bond acceptors (Lipinski definition) is 16. The van der Waals surface area contributed by atoms with Gasteiger partial charge in [-0.1, -0.05) is 53.1 Å². The number of aromatic nitrogens is 2. The number of nitrogens with zero attached hydrogens (tertiary/aromatic N) is 4. The van der Waals surface area contributed by atoms with Crippen LogP contribution in [-0.2, 0) is 22.6 Å². The molecule has 4 heterocycles. The highest BCUT2D eigenvalue weighted by Crippen LogP contribution is 2.49. The van der Waals surface area contributed by atoms with Gasteiger partial charge in [-0.25, -0.2) is 8.78 Å². The van der Waals surface area contributed by atoms with E-state index in [1.54, 1.807) is 53.3 Å². The van der Waals surface area contributed by atoms with Gasteiger partial charge in [0.1, 0.15) is 72.2 Å². The van der Waals surface area contributed by atoms with E-state index in [2.05, 4.69) is 40.4 Å². The molecule has 2 aliphatic heterocycles. The number of methoxy groups -OCH3 is 1. The smallest absolute Gasteiger partial charge is 0.263 e. The number of halogens is 2. The highest BCUT2D eigenvalue weighted by Gasteiger charge is 2.28. The van der Waals surface area contributed by atoms with Crippen LogP contribution in [0.1, 0.15) is 37.2 Å². The first kappa shape index (κ1) is 58.4. The van der Waals surface area contributed by atoms with Crippen molar-refractivity contribution in [2.75, 3.05) is 116 Å². The number of hydrogen-bond donors (Lipinski definition) is 4. The van der Waals surface area contributed by atoms with Crippen molar-refractivity contribution in [3.05, 3.63) is 116 Å². The maximum Gasteiger partial charge on any atom is 0.263 e. The molecule has 0 unspecified atom stereocenters. The van der Waals surface area contributed by atoms with Gasteiger partial charge in [0.2, 0.25) is 11.0 Å². The highest BCUT2D eigenvalue weighted by atomic mass is 32.2. The summed E-state index contributed by atoms with van der Waals surface area (Å²) in [7, 11) is 1.63. The molecule has 0 spiro atoms. The van der Waals surface area contributed by atoms with Gasteiger partial charge in [0.15, 0.2) is 13.1 Å². The summed E-state index contributed by atoms with van der Waals surface area (Å²) in [5.41, 5.74) is 5.91. The summed E-state index contributed by atoms with van der Waals surface area (Å²) >= 11 is 6.52. The predicted molar refractivity (Wildman–Crippen MR) is 302 cm³/mol. The van der Waals surface area contributed by atoms with Crippen molar-refractivity contribution >= 4 is 90.2 Å². The Bertz CT molecular complexity index is 2980. The Morgan fingerprint density at radius 1 is 0.553 bits per heavy atom. The number of fused-ring (bicyclic) bond motifs is 4. The van der Waals surface area contributed by atoms with Crippen molar-refractivity contribution in [1.82, 2.24) is 0 Å². The zero-order valence-electron chi connectivity index (χ0n) is 43.4. The molecule has 4 aromatic carbocycles. The Hall–Kier alpha value is -5.26. The number of anilines is 2. The van der Waals surface area contributed by atoms with Crippen LogP contribution in [0, 0.1) is 0 Å². The molecule has 6 aromatic rings. The molecular weight excluding hydrogens is 1050 g/mol. The maximum atomic E-state index is 13.5. The van der Waals surface area contributed by atoms with Gasteiger partial charge in [-0.15, -0.1) is 0 Å². The average molecular weight is 1120 g/mol. The number of aliphatic hydroxyl groups is 4. The number of aliphatic hydroxyl groups excluding tert-OH is 4. The van der Waals surface area contributed by atoms with Gasteiger partial charge < -0.3 is 58.6 Å². The van der Waals surface area contributed by atoms with Gasteiger partial charge >= 0.3 is 0 Å². The SMILES string of the molecule is CCCOc1ccc2c(c1)N(CCF)/C(=C/C(C)=C/c1sc3ccc(OCCO)cc3[n+]1CCO)S2.COc1ccc2c(c1)N(CCF)/C(=C/C(C)=C/c1sc3ccc(OCCOCCOCCO)cc3[n+]1CCO)S2. The van der Waals surface area contributed by atoms with Crippen molar-refractivity contribution in [2.45, 2.75) is 50.1 Å². The van der Waals surface area contributed by atoms with E-state index in [1.807, 2.05) is 96.4 Å². The van der Waals surface area contributed by atoms with Crippen molar-refractivity contribution in [2.24, 2.45) is 0 Å². The number of rotatable bonds is 28. The average Bonchev–Trinajstić information content (AvgIpc) is 4.17. The van der Waals surface area contributed by atoms with Gasteiger partial charge in [-0.05, 0) is 92.1 Å². The Morgan fingerprint density at radius 2 is 1.00 bits per heavy atom. The third-order valence-electron chi connectivity index (χ3n) is 11.6. The van der Waals surface area contributed by atoms with Crippen molar-refractivity contribution in [3.63, 3.8) is 0 Å². The third kappa shape index (κ3) is 15.5. The van der Waals surface area contributed by atoms with E-state index < -0.39 is 13.3 Å². The highest BCUT2D eigenvalue weighted by molar-refractivity contribution is 8.04. The molecule has 0 aliphatic carbocycles. The van der Waals surface area contributed by atoms with E-state index in [9.17, 15) is 19.0 Å². The van der Waals surface area contributed by atoms with Crippen LogP contribution in [0.5, 0.6) is 23.0 Å². The van der Waals surface area contributed by atoms with Gasteiger partial charge in [0.25, 0.3) is 10.0 Å². The van der Waals surface area contributed by atoms with E-state index in [-0.39, 0.29) is 46.1 Å². The number of benzene rings is 4. The lowest BCUT2D eigenvalue weighted by Crippen LogP contribution is -2.36. The van der Waals surface area contributed by atoms with Crippen LogP contribution in [0.3, 0.4) is 0 Å². The van der Waals surface area contributed by atoms with Gasteiger partial charge in [-0.3, -0.25) is 0 Å². The van der Waals surface area contributed by atoms with E-state index in [1.165, 1.54) is 0 Å². The number of allylic oxidation sites excluding steroid dienone is 4. The quantitative estimate of drug-likeness (QED) is 0.0273. The first-order valence-electron chi connectivity index (χ1n) is 25.2. The van der Waals surface area contributed by atoms with E-state index >= 15 is 0 Å². The van der Waals surface area contributed by atoms with Crippen LogP contribution in [0.25, 0.3) is 32.6 Å². The molecule has 0 atom stereocenters. The second-order valence-electron chi connectivity index (χ2n) is 17.2. The summed E-state index contributed by atoms with van der Waals surface area (Å²) in [5, 5.41) is 41.2. The maximum absolute atomic E-state index is 13.5. The minimum Gasteiger partial charge on any atom is -0.497 e. The summed E-state index contributed by atoms with van der Waals surface area (Å²) in [6.07, 6.45) is 9.27. The second-order valence-corrected chi connectivity index (χ2v) is 21.4. The minimum absolute atomic E-state index is 0.00218. The molecule has 0 amide bonds. The van der Waals surface area contributed by atoms with Gasteiger partial charge in [-0.2, -0.15) is 9.13 Å². The van der Waals surface area contributed by atoms with Crippen LogP contribution in [-0.4, -0.2) is 127 Å². The standard InChI is InChI=1S/C29H36FN2O6S2.C27H32FN2O4S2/c1-21(17-28-31(8-7-30)24-19-22(35-2)3-5-26(24)39-28)18-29-32(9-10-33)25-20-23(4-6-27(25)40-29)38-16-15-37-14-13-36-12-11-34;1-3-13-33-20-4-6-24-22(17-20)29(9-8-28)26(35-24)15-19(2)16-27-30(10-11-31)23-18-21(34-14-12-32)5-7-25(23)36-27/h3-6,17-20,33-34H,7-16H2,1-2H3;4-7,15-18,31-32H,3,8-14H2,1-2H3/q2*+1. The van der Waals surface area contributed by atoms with Crippen LogP contribution < -0.4 is 37.9 Å². The molecule has 408 valence electrons. The van der Waals surface area contributed by atoms with E-state index in [4.69, 9.17) is 38.6 Å². The Morgan fingerprint density at radius 3 is 1.49 bits per heavy atom. The molecule has 76 heavy (non-hydrogen) atoms. The number of alkyl halides is 2.